The molecule has 0 aromatic heterocycles. The van der Waals surface area contributed by atoms with Crippen LogP contribution in [0.2, 0.25) is 0 Å². The van der Waals surface area contributed by atoms with E-state index in [0.29, 0.717) is 11.8 Å². The van der Waals surface area contributed by atoms with Gasteiger partial charge >= 0.3 is 0 Å². The first kappa shape index (κ1) is 15.3. The van der Waals surface area contributed by atoms with Crippen molar-refractivity contribution in [3.05, 3.63) is 34.9 Å². The maximum absolute atomic E-state index is 3.62. The summed E-state index contributed by atoms with van der Waals surface area (Å²) in [6.07, 6.45) is 3.49. The van der Waals surface area contributed by atoms with Gasteiger partial charge in [-0.05, 0) is 59.8 Å². The molecule has 0 saturated carbocycles. The Hall–Kier alpha value is -0.780. The van der Waals surface area contributed by atoms with Crippen LogP contribution in [0, 0.1) is 23.8 Å². The molecule has 1 radical (unpaired) electrons. The van der Waals surface area contributed by atoms with Crippen molar-refractivity contribution in [1.29, 1.82) is 0 Å². The molecular formula is C18H29. The van der Waals surface area contributed by atoms with Gasteiger partial charge in [-0.25, -0.2) is 0 Å². The molecule has 18 heavy (non-hydrogen) atoms. The Bertz CT molecular complexity index is 289. The van der Waals surface area contributed by atoms with Gasteiger partial charge < -0.3 is 0 Å². The summed E-state index contributed by atoms with van der Waals surface area (Å²) >= 11 is 0. The maximum Gasteiger partial charge on any atom is -0.0114 e. The van der Waals surface area contributed by atoms with Crippen molar-refractivity contribution in [1.82, 2.24) is 0 Å². The van der Waals surface area contributed by atoms with Gasteiger partial charge in [0.25, 0.3) is 0 Å². The van der Waals surface area contributed by atoms with Crippen LogP contribution >= 0.6 is 0 Å². The van der Waals surface area contributed by atoms with Crippen molar-refractivity contribution < 1.29 is 0 Å². The Labute approximate surface area is 114 Å². The van der Waals surface area contributed by atoms with Gasteiger partial charge in [0.05, 0.1) is 0 Å². The summed E-state index contributed by atoms with van der Waals surface area (Å²) in [6.45, 7) is 13.7. The molecule has 0 unspecified atom stereocenters. The largest absolute Gasteiger partial charge is 0.0625 e. The van der Waals surface area contributed by atoms with Crippen LogP contribution in [-0.4, -0.2) is 0 Å². The Morgan fingerprint density at radius 2 is 1.11 bits per heavy atom. The van der Waals surface area contributed by atoms with Gasteiger partial charge in [0.1, 0.15) is 0 Å². The zero-order chi connectivity index (χ0) is 13.7. The van der Waals surface area contributed by atoms with Gasteiger partial charge in [-0.2, -0.15) is 0 Å². The third kappa shape index (κ3) is 5.71. The minimum absolute atomic E-state index is 0.711. The highest BCUT2D eigenvalue weighted by Gasteiger charge is 2.07. The topological polar surface area (TPSA) is 0 Å². The average molecular weight is 245 g/mol. The fourth-order valence-electron chi connectivity index (χ4n) is 2.46. The Balaban J connectivity index is 2.95. The van der Waals surface area contributed by atoms with Crippen molar-refractivity contribution in [2.45, 2.75) is 60.8 Å². The third-order valence-corrected chi connectivity index (χ3v) is 2.94. The predicted octanol–water partition coefficient (Wildman–Crippen LogP) is 5.08. The van der Waals surface area contributed by atoms with Crippen LogP contribution in [0.4, 0.5) is 0 Å². The summed E-state index contributed by atoms with van der Waals surface area (Å²) in [6, 6.07) is 8.35. The first-order valence-electron chi connectivity index (χ1n) is 7.40. The van der Waals surface area contributed by atoms with Crippen LogP contribution in [0.15, 0.2) is 12.1 Å². The predicted molar refractivity (Wildman–Crippen MR) is 80.9 cm³/mol. The fraction of sp³-hybridized carbons (Fsp3) is 0.667. The van der Waals surface area contributed by atoms with Crippen molar-refractivity contribution >= 4 is 0 Å². The molecule has 1 aromatic rings. The second kappa shape index (κ2) is 6.97. The molecule has 1 rings (SSSR count). The monoisotopic (exact) mass is 245 g/mol. The van der Waals surface area contributed by atoms with Gasteiger partial charge in [-0.15, -0.1) is 0 Å². The Morgan fingerprint density at radius 3 is 1.44 bits per heavy atom. The SMILES string of the molecule is CC(C)Cc1[c]c(CC(C)C)cc(CC(C)C)c1. The third-order valence-electron chi connectivity index (χ3n) is 2.94. The number of benzene rings is 1. The molecular weight excluding hydrogens is 216 g/mol. The highest BCUT2D eigenvalue weighted by Crippen LogP contribution is 2.18. The first-order chi connectivity index (χ1) is 8.36. The maximum atomic E-state index is 3.62. The summed E-state index contributed by atoms with van der Waals surface area (Å²) in [5, 5.41) is 0. The van der Waals surface area contributed by atoms with E-state index in [2.05, 4.69) is 59.7 Å². The van der Waals surface area contributed by atoms with Crippen LogP contribution in [-0.2, 0) is 19.3 Å². The second-order valence-electron chi connectivity index (χ2n) is 6.83. The van der Waals surface area contributed by atoms with E-state index < -0.39 is 0 Å². The number of hydrogen-bond donors (Lipinski definition) is 0. The lowest BCUT2D eigenvalue weighted by Crippen LogP contribution is -2.03. The summed E-state index contributed by atoms with van der Waals surface area (Å²) in [5.74, 6) is 2.15. The van der Waals surface area contributed by atoms with E-state index in [0.717, 1.165) is 18.8 Å². The average Bonchev–Trinajstić information content (AvgIpc) is 2.12. The van der Waals surface area contributed by atoms with Crippen molar-refractivity contribution in [2.24, 2.45) is 17.8 Å². The molecule has 0 heterocycles. The molecule has 101 valence electrons. The summed E-state index contributed by atoms with van der Waals surface area (Å²) in [5.41, 5.74) is 4.30. The smallest absolute Gasteiger partial charge is 0.0114 e. The van der Waals surface area contributed by atoms with E-state index in [-0.39, 0.29) is 0 Å². The van der Waals surface area contributed by atoms with E-state index in [1.807, 2.05) is 0 Å². The number of hydrogen-bond acceptors (Lipinski definition) is 0. The lowest BCUT2D eigenvalue weighted by Gasteiger charge is -2.13. The summed E-state index contributed by atoms with van der Waals surface area (Å²) in [4.78, 5) is 0. The quantitative estimate of drug-likeness (QED) is 0.655. The van der Waals surface area contributed by atoms with Crippen LogP contribution in [0.1, 0.15) is 58.2 Å². The normalized spacial score (nSPS) is 11.8. The van der Waals surface area contributed by atoms with E-state index in [1.54, 1.807) is 0 Å². The molecule has 0 bridgehead atoms. The van der Waals surface area contributed by atoms with E-state index in [1.165, 1.54) is 23.1 Å². The molecule has 0 heteroatoms. The first-order valence-corrected chi connectivity index (χ1v) is 7.40. The molecule has 1 aromatic carbocycles. The Morgan fingerprint density at radius 1 is 0.722 bits per heavy atom. The molecule has 0 saturated heterocycles. The van der Waals surface area contributed by atoms with Crippen LogP contribution in [0.5, 0.6) is 0 Å². The van der Waals surface area contributed by atoms with E-state index >= 15 is 0 Å². The lowest BCUT2D eigenvalue weighted by molar-refractivity contribution is 0.624. The minimum atomic E-state index is 0.711. The fourth-order valence-corrected chi connectivity index (χ4v) is 2.46. The lowest BCUT2D eigenvalue weighted by atomic mass is 9.92. The molecule has 0 amide bonds. The van der Waals surface area contributed by atoms with E-state index in [4.69, 9.17) is 0 Å². The van der Waals surface area contributed by atoms with Crippen molar-refractivity contribution in [2.75, 3.05) is 0 Å². The van der Waals surface area contributed by atoms with Crippen LogP contribution in [0.3, 0.4) is 0 Å². The van der Waals surface area contributed by atoms with Gasteiger partial charge in [0.15, 0.2) is 0 Å². The summed E-state index contributed by atoms with van der Waals surface area (Å²) in [7, 11) is 0. The minimum Gasteiger partial charge on any atom is -0.0625 e. The van der Waals surface area contributed by atoms with E-state index in [9.17, 15) is 0 Å². The second-order valence-corrected chi connectivity index (χ2v) is 6.83. The molecule has 0 atom stereocenters. The van der Waals surface area contributed by atoms with Crippen LogP contribution in [0.25, 0.3) is 0 Å². The van der Waals surface area contributed by atoms with Gasteiger partial charge in [0.2, 0.25) is 0 Å². The number of rotatable bonds is 6. The highest BCUT2D eigenvalue weighted by atomic mass is 14.1. The van der Waals surface area contributed by atoms with Gasteiger partial charge in [-0.1, -0.05) is 53.7 Å². The molecule has 0 N–H and O–H groups in total. The molecule has 0 aliphatic carbocycles. The van der Waals surface area contributed by atoms with Crippen molar-refractivity contribution in [3.63, 3.8) is 0 Å². The zero-order valence-corrected chi connectivity index (χ0v) is 13.0. The molecule has 0 nitrogen and oxygen atoms in total. The highest BCUT2D eigenvalue weighted by molar-refractivity contribution is 5.30. The van der Waals surface area contributed by atoms with Crippen LogP contribution < -0.4 is 0 Å². The molecule has 0 spiro atoms. The summed E-state index contributed by atoms with van der Waals surface area (Å²) < 4.78 is 0. The standard InChI is InChI=1S/C18H29/c1-13(2)7-16-10-17(8-14(3)4)12-18(11-16)9-15(5)6/h10-11,13-15H,7-9H2,1-6H3. The molecule has 0 aliphatic heterocycles. The van der Waals surface area contributed by atoms with Crippen molar-refractivity contribution in [3.8, 4) is 0 Å². The van der Waals surface area contributed by atoms with Gasteiger partial charge in [0, 0.05) is 0 Å². The molecule has 0 aliphatic rings. The van der Waals surface area contributed by atoms with Gasteiger partial charge in [-0.3, -0.25) is 0 Å². The Kier molecular flexibility index (Phi) is 5.91. The molecule has 0 fully saturated rings. The zero-order valence-electron chi connectivity index (χ0n) is 13.0.